The number of pyridine rings is 1. The number of carboxylic acids is 1. The third-order valence-electron chi connectivity index (χ3n) is 7.56. The summed E-state index contributed by atoms with van der Waals surface area (Å²) in [6, 6.07) is 7.89. The normalized spacial score (nSPS) is 19.2. The molecule has 2 aliphatic heterocycles. The molecule has 38 heavy (non-hydrogen) atoms. The Morgan fingerprint density at radius 1 is 1.18 bits per heavy atom. The number of Topliss-reactive ketones (excluding diaryl/α,β-unsaturated/α-hetero) is 1. The summed E-state index contributed by atoms with van der Waals surface area (Å²) in [4.78, 5) is 33.3. The van der Waals surface area contributed by atoms with Crippen LogP contribution >= 0.6 is 0 Å². The monoisotopic (exact) mass is 520 g/mol. The number of nitrogens with one attached hydrogen (secondary N) is 1. The van der Waals surface area contributed by atoms with E-state index in [-0.39, 0.29) is 30.5 Å². The van der Waals surface area contributed by atoms with Crippen LogP contribution in [0.25, 0.3) is 0 Å². The average molecular weight is 521 g/mol. The van der Waals surface area contributed by atoms with Gasteiger partial charge in [0.15, 0.2) is 5.78 Å². The predicted molar refractivity (Wildman–Crippen MR) is 144 cm³/mol. The lowest BCUT2D eigenvalue weighted by Crippen LogP contribution is -2.31. The Hall–Kier alpha value is -3.46. The number of carbonyl (C=O) groups is 2. The van der Waals surface area contributed by atoms with Crippen molar-refractivity contribution in [2.45, 2.75) is 64.0 Å². The van der Waals surface area contributed by atoms with Gasteiger partial charge in [0.2, 0.25) is 0 Å². The lowest BCUT2D eigenvalue weighted by Gasteiger charge is -2.29. The zero-order valence-electron chi connectivity index (χ0n) is 22.5. The number of hydrogen-bond acceptors (Lipinski definition) is 7. The van der Waals surface area contributed by atoms with Gasteiger partial charge in [0.05, 0.1) is 25.4 Å². The molecule has 1 saturated heterocycles. The Morgan fingerprint density at radius 2 is 1.95 bits per heavy atom. The van der Waals surface area contributed by atoms with Crippen LogP contribution in [0.3, 0.4) is 0 Å². The lowest BCUT2D eigenvalue weighted by atomic mass is 9.84. The first kappa shape index (κ1) is 26.2. The van der Waals surface area contributed by atoms with Gasteiger partial charge in [-0.2, -0.15) is 0 Å². The van der Waals surface area contributed by atoms with E-state index >= 15 is 0 Å². The highest BCUT2D eigenvalue weighted by molar-refractivity contribution is 6.05. The molecule has 2 fully saturated rings. The number of benzene rings is 1. The van der Waals surface area contributed by atoms with Crippen molar-refractivity contribution in [3.8, 4) is 5.75 Å². The number of ether oxygens (including phenoxy) is 2. The standard InChI is InChI=1S/C29H36N4O5/c1-29(2,3)21-11-19(12-23(27(21)37-4)32-10-9-20(14-32)38-16-25(35)36)24(34)15-33-13-18-7-8-22(17-5-6-17)31-26(18)28(33)30/h7-8,11-12,17,20,30H,5-6,9-10,13-16H2,1-4H3,(H,35,36). The molecule has 1 saturated carbocycles. The molecule has 202 valence electrons. The van der Waals surface area contributed by atoms with Gasteiger partial charge in [-0.25, -0.2) is 9.78 Å². The maximum absolute atomic E-state index is 13.7. The minimum atomic E-state index is -0.989. The van der Waals surface area contributed by atoms with Gasteiger partial charge in [-0.1, -0.05) is 26.8 Å². The third-order valence-corrected chi connectivity index (χ3v) is 7.56. The molecule has 9 heteroatoms. The smallest absolute Gasteiger partial charge is 0.329 e. The summed E-state index contributed by atoms with van der Waals surface area (Å²) in [7, 11) is 1.63. The van der Waals surface area contributed by atoms with Crippen molar-refractivity contribution in [1.29, 1.82) is 5.41 Å². The molecular formula is C29H36N4O5. The molecule has 1 aromatic carbocycles. The maximum Gasteiger partial charge on any atom is 0.329 e. The number of aliphatic carboxylic acids is 1. The van der Waals surface area contributed by atoms with Crippen LogP contribution in [0.4, 0.5) is 5.69 Å². The fourth-order valence-corrected chi connectivity index (χ4v) is 5.33. The quantitative estimate of drug-likeness (QED) is 0.477. The second-order valence-electron chi connectivity index (χ2n) is 11.5. The molecule has 0 amide bonds. The zero-order valence-corrected chi connectivity index (χ0v) is 22.5. The van der Waals surface area contributed by atoms with Crippen molar-refractivity contribution >= 4 is 23.3 Å². The maximum atomic E-state index is 13.7. The van der Waals surface area contributed by atoms with Crippen LogP contribution in [0.5, 0.6) is 5.75 Å². The van der Waals surface area contributed by atoms with E-state index in [0.717, 1.165) is 35.3 Å². The van der Waals surface area contributed by atoms with E-state index in [1.54, 1.807) is 12.0 Å². The van der Waals surface area contributed by atoms with Crippen LogP contribution in [-0.2, 0) is 21.5 Å². The second kappa shape index (κ2) is 10.0. The highest BCUT2D eigenvalue weighted by atomic mass is 16.5. The fraction of sp³-hybridized carbons (Fsp3) is 0.517. The number of nitrogens with zero attached hydrogens (tertiary/aromatic N) is 3. The predicted octanol–water partition coefficient (Wildman–Crippen LogP) is 3.97. The van der Waals surface area contributed by atoms with Crippen molar-refractivity contribution in [1.82, 2.24) is 9.88 Å². The Bertz CT molecular complexity index is 1280. The van der Waals surface area contributed by atoms with Crippen LogP contribution in [0.15, 0.2) is 24.3 Å². The van der Waals surface area contributed by atoms with Gasteiger partial charge in [-0.3, -0.25) is 10.2 Å². The van der Waals surface area contributed by atoms with E-state index in [0.29, 0.717) is 54.8 Å². The molecule has 5 rings (SSSR count). The molecule has 1 atom stereocenters. The van der Waals surface area contributed by atoms with Crippen molar-refractivity contribution < 1.29 is 24.2 Å². The van der Waals surface area contributed by atoms with Crippen LogP contribution in [-0.4, -0.2) is 72.0 Å². The summed E-state index contributed by atoms with van der Waals surface area (Å²) in [5, 5.41) is 17.7. The zero-order chi connectivity index (χ0) is 27.2. The Labute approximate surface area is 223 Å². The highest BCUT2D eigenvalue weighted by Crippen LogP contribution is 2.42. The van der Waals surface area contributed by atoms with Crippen LogP contribution < -0.4 is 9.64 Å². The van der Waals surface area contributed by atoms with Crippen molar-refractivity contribution in [3.63, 3.8) is 0 Å². The largest absolute Gasteiger partial charge is 0.494 e. The number of carbonyl (C=O) groups excluding carboxylic acids is 1. The van der Waals surface area contributed by atoms with Gasteiger partial charge in [0, 0.05) is 47.9 Å². The molecule has 3 aliphatic rings. The molecule has 0 spiro atoms. The van der Waals surface area contributed by atoms with Gasteiger partial charge in [-0.15, -0.1) is 0 Å². The van der Waals surface area contributed by atoms with Crippen molar-refractivity contribution in [2.24, 2.45) is 0 Å². The molecule has 0 bridgehead atoms. The first-order valence-electron chi connectivity index (χ1n) is 13.2. The van der Waals surface area contributed by atoms with Gasteiger partial charge < -0.3 is 24.4 Å². The van der Waals surface area contributed by atoms with E-state index in [4.69, 9.17) is 25.0 Å². The number of anilines is 1. The number of fused-ring (bicyclic) bond motifs is 1. The number of amidine groups is 1. The Balaban J connectivity index is 1.39. The Kier molecular flexibility index (Phi) is 6.90. The highest BCUT2D eigenvalue weighted by Gasteiger charge is 2.33. The fourth-order valence-electron chi connectivity index (χ4n) is 5.33. The molecule has 2 N–H and O–H groups in total. The number of carboxylic acid groups (broad SMARTS) is 1. The molecule has 1 aliphatic carbocycles. The van der Waals surface area contributed by atoms with Gasteiger partial charge in [0.25, 0.3) is 0 Å². The van der Waals surface area contributed by atoms with Crippen molar-refractivity contribution in [3.05, 3.63) is 52.3 Å². The van der Waals surface area contributed by atoms with Crippen LogP contribution in [0.2, 0.25) is 0 Å². The Morgan fingerprint density at radius 3 is 2.61 bits per heavy atom. The first-order valence-corrected chi connectivity index (χ1v) is 13.2. The van der Waals surface area contributed by atoms with Crippen LogP contribution in [0, 0.1) is 5.41 Å². The second-order valence-corrected chi connectivity index (χ2v) is 11.5. The summed E-state index contributed by atoms with van der Waals surface area (Å²) in [5.74, 6) is 0.469. The molecule has 2 aromatic rings. The number of hydrogen-bond donors (Lipinski definition) is 2. The number of aromatic nitrogens is 1. The van der Waals surface area contributed by atoms with Gasteiger partial charge in [0.1, 0.15) is 23.9 Å². The SMILES string of the molecule is COc1c(N2CCC(OCC(=O)O)C2)cc(C(=O)CN2Cc3ccc(C4CC4)nc3C2=N)cc1C(C)(C)C. The van der Waals surface area contributed by atoms with E-state index < -0.39 is 5.97 Å². The van der Waals surface area contributed by atoms with Gasteiger partial charge in [-0.05, 0) is 42.9 Å². The van der Waals surface area contributed by atoms with Crippen LogP contribution in [0.1, 0.15) is 78.8 Å². The lowest BCUT2D eigenvalue weighted by molar-refractivity contribution is -0.143. The van der Waals surface area contributed by atoms with E-state index in [2.05, 4.69) is 37.8 Å². The number of ketones is 1. The summed E-state index contributed by atoms with van der Waals surface area (Å²) in [5.41, 5.74) is 4.74. The summed E-state index contributed by atoms with van der Waals surface area (Å²) in [6.07, 6.45) is 2.80. The molecule has 1 unspecified atom stereocenters. The summed E-state index contributed by atoms with van der Waals surface area (Å²) >= 11 is 0. The minimum absolute atomic E-state index is 0.0720. The summed E-state index contributed by atoms with van der Waals surface area (Å²) in [6.45, 7) is 7.71. The minimum Gasteiger partial charge on any atom is -0.494 e. The number of methoxy groups -OCH3 is 1. The number of rotatable bonds is 9. The molecule has 9 nitrogen and oxygen atoms in total. The topological polar surface area (TPSA) is 116 Å². The van der Waals surface area contributed by atoms with Gasteiger partial charge >= 0.3 is 5.97 Å². The van der Waals surface area contributed by atoms with Crippen molar-refractivity contribution in [2.75, 3.05) is 38.3 Å². The average Bonchev–Trinajstić information content (AvgIpc) is 3.54. The first-order chi connectivity index (χ1) is 18.0. The van der Waals surface area contributed by atoms with E-state index in [9.17, 15) is 9.59 Å². The molecular weight excluding hydrogens is 484 g/mol. The third kappa shape index (κ3) is 5.25. The molecule has 3 heterocycles. The summed E-state index contributed by atoms with van der Waals surface area (Å²) < 4.78 is 11.4. The van der Waals surface area contributed by atoms with E-state index in [1.165, 1.54) is 0 Å². The molecule has 0 radical (unpaired) electrons. The molecule has 1 aromatic heterocycles. The van der Waals surface area contributed by atoms with E-state index in [1.807, 2.05) is 12.1 Å².